The second-order valence-electron chi connectivity index (χ2n) is 3.86. The van der Waals surface area contributed by atoms with E-state index in [2.05, 4.69) is 15.3 Å². The van der Waals surface area contributed by atoms with E-state index in [-0.39, 0.29) is 37.3 Å². The number of aromatic amines is 1. The van der Waals surface area contributed by atoms with Crippen LogP contribution in [0, 0.1) is 0 Å². The number of imidazole rings is 1. The van der Waals surface area contributed by atoms with E-state index in [1.54, 1.807) is 0 Å². The van der Waals surface area contributed by atoms with Crippen molar-refractivity contribution in [2.24, 2.45) is 5.73 Å². The van der Waals surface area contributed by atoms with Crippen molar-refractivity contribution >= 4 is 41.8 Å². The molecule has 1 aromatic heterocycles. The first kappa shape index (κ1) is 17.7. The number of nitrogens with zero attached hydrogens (tertiary/aromatic N) is 1. The van der Waals surface area contributed by atoms with Gasteiger partial charge in [0.2, 0.25) is 5.91 Å². The Kier molecular flexibility index (Phi) is 8.14. The van der Waals surface area contributed by atoms with E-state index in [1.807, 2.05) is 24.3 Å². The summed E-state index contributed by atoms with van der Waals surface area (Å²) < 4.78 is 0. The maximum Gasteiger partial charge on any atom is 0.233 e. The van der Waals surface area contributed by atoms with Gasteiger partial charge in [-0.1, -0.05) is 12.1 Å². The number of aromatic nitrogens is 2. The summed E-state index contributed by atoms with van der Waals surface area (Å²) in [7, 11) is 0. The second kappa shape index (κ2) is 8.74. The number of carbonyl (C=O) groups is 1. The Morgan fingerprint density at radius 2 is 2.05 bits per heavy atom. The lowest BCUT2D eigenvalue weighted by atomic mass is 10.3. The maximum atomic E-state index is 10.9. The summed E-state index contributed by atoms with van der Waals surface area (Å²) in [6, 6.07) is 7.92. The molecule has 1 aromatic carbocycles. The predicted molar refractivity (Wildman–Crippen MR) is 81.0 cm³/mol. The zero-order valence-corrected chi connectivity index (χ0v) is 12.0. The molecule has 0 bridgehead atoms. The van der Waals surface area contributed by atoms with Gasteiger partial charge >= 0.3 is 0 Å². The van der Waals surface area contributed by atoms with Crippen molar-refractivity contribution in [3.8, 4) is 0 Å². The van der Waals surface area contributed by atoms with Crippen LogP contribution in [0.3, 0.4) is 0 Å². The summed E-state index contributed by atoms with van der Waals surface area (Å²) in [4.78, 5) is 18.6. The minimum absolute atomic E-state index is 0. The smallest absolute Gasteiger partial charge is 0.233 e. The number of halogens is 2. The van der Waals surface area contributed by atoms with Gasteiger partial charge in [-0.3, -0.25) is 4.79 Å². The van der Waals surface area contributed by atoms with Crippen molar-refractivity contribution in [2.75, 3.05) is 13.1 Å². The molecule has 2 rings (SSSR count). The highest BCUT2D eigenvalue weighted by Gasteiger charge is 2.02. The van der Waals surface area contributed by atoms with Gasteiger partial charge in [0.1, 0.15) is 5.82 Å². The van der Waals surface area contributed by atoms with E-state index in [0.29, 0.717) is 6.54 Å². The van der Waals surface area contributed by atoms with Gasteiger partial charge in [0.25, 0.3) is 0 Å². The molecule has 0 unspecified atom stereocenters. The van der Waals surface area contributed by atoms with Crippen molar-refractivity contribution < 1.29 is 4.79 Å². The standard InChI is InChI=1S/C12H16N4O.2ClH/c13-8-12(17)14-7-3-6-11-15-9-4-1-2-5-10(9)16-11;;/h1-2,4-5H,3,6-8,13H2,(H,14,17)(H,15,16);2*1H. The monoisotopic (exact) mass is 304 g/mol. The third kappa shape index (κ3) is 5.06. The molecule has 4 N–H and O–H groups in total. The summed E-state index contributed by atoms with van der Waals surface area (Å²) >= 11 is 0. The van der Waals surface area contributed by atoms with Crippen LogP contribution in [0.2, 0.25) is 0 Å². The van der Waals surface area contributed by atoms with Crippen molar-refractivity contribution in [1.29, 1.82) is 0 Å². The van der Waals surface area contributed by atoms with E-state index < -0.39 is 0 Å². The van der Waals surface area contributed by atoms with Crippen LogP contribution in [0.1, 0.15) is 12.2 Å². The van der Waals surface area contributed by atoms with Crippen molar-refractivity contribution in [3.63, 3.8) is 0 Å². The van der Waals surface area contributed by atoms with Crippen LogP contribution in [0.5, 0.6) is 0 Å². The Hall–Kier alpha value is -1.30. The maximum absolute atomic E-state index is 10.9. The molecule has 0 atom stereocenters. The number of rotatable bonds is 5. The minimum atomic E-state index is -0.116. The normalized spacial score (nSPS) is 9.53. The highest BCUT2D eigenvalue weighted by atomic mass is 35.5. The number of para-hydroxylation sites is 2. The first-order valence-corrected chi connectivity index (χ1v) is 5.70. The fourth-order valence-corrected chi connectivity index (χ4v) is 1.68. The molecule has 0 fully saturated rings. The van der Waals surface area contributed by atoms with Crippen LogP contribution in [-0.2, 0) is 11.2 Å². The number of amides is 1. The lowest BCUT2D eigenvalue weighted by molar-refractivity contribution is -0.119. The molecule has 2 aromatic rings. The van der Waals surface area contributed by atoms with Crippen molar-refractivity contribution in [2.45, 2.75) is 12.8 Å². The largest absolute Gasteiger partial charge is 0.355 e. The van der Waals surface area contributed by atoms with Gasteiger partial charge in [0, 0.05) is 13.0 Å². The fourth-order valence-electron chi connectivity index (χ4n) is 1.68. The van der Waals surface area contributed by atoms with Crippen LogP contribution >= 0.6 is 24.8 Å². The molecule has 0 saturated carbocycles. The van der Waals surface area contributed by atoms with Crippen LogP contribution in [0.4, 0.5) is 0 Å². The first-order chi connectivity index (χ1) is 8.29. The molecule has 0 aliphatic heterocycles. The third-order valence-electron chi connectivity index (χ3n) is 2.54. The van der Waals surface area contributed by atoms with Crippen LogP contribution in [-0.4, -0.2) is 29.0 Å². The average molecular weight is 305 g/mol. The predicted octanol–water partition coefficient (Wildman–Crippen LogP) is 1.41. The fraction of sp³-hybridized carbons (Fsp3) is 0.333. The van der Waals surface area contributed by atoms with Gasteiger partial charge < -0.3 is 16.0 Å². The number of nitrogens with one attached hydrogen (secondary N) is 2. The number of hydrogen-bond donors (Lipinski definition) is 3. The van der Waals surface area contributed by atoms with E-state index in [0.717, 1.165) is 29.7 Å². The molecule has 19 heavy (non-hydrogen) atoms. The van der Waals surface area contributed by atoms with E-state index in [9.17, 15) is 4.79 Å². The molecule has 0 aliphatic carbocycles. The number of H-pyrrole nitrogens is 1. The SMILES string of the molecule is Cl.Cl.NCC(=O)NCCCc1nc2ccccc2[nH]1. The lowest BCUT2D eigenvalue weighted by Crippen LogP contribution is -2.31. The number of fused-ring (bicyclic) bond motifs is 1. The molecule has 0 aliphatic rings. The number of benzene rings is 1. The minimum Gasteiger partial charge on any atom is -0.355 e. The molecule has 106 valence electrons. The van der Waals surface area contributed by atoms with Gasteiger partial charge in [-0.25, -0.2) is 4.98 Å². The molecule has 5 nitrogen and oxygen atoms in total. The van der Waals surface area contributed by atoms with Gasteiger partial charge in [0.05, 0.1) is 17.6 Å². The van der Waals surface area contributed by atoms with Gasteiger partial charge in [-0.2, -0.15) is 0 Å². The number of aryl methyl sites for hydroxylation is 1. The van der Waals surface area contributed by atoms with Crippen LogP contribution in [0.15, 0.2) is 24.3 Å². The molecule has 0 spiro atoms. The molecular weight excluding hydrogens is 287 g/mol. The summed E-state index contributed by atoms with van der Waals surface area (Å²) in [5.41, 5.74) is 7.22. The third-order valence-corrected chi connectivity index (χ3v) is 2.54. The molecule has 1 amide bonds. The summed E-state index contributed by atoms with van der Waals surface area (Å²) in [6.45, 7) is 0.678. The molecule has 7 heteroatoms. The topological polar surface area (TPSA) is 83.8 Å². The van der Waals surface area contributed by atoms with E-state index >= 15 is 0 Å². The quantitative estimate of drug-likeness (QED) is 0.730. The number of carbonyl (C=O) groups excluding carboxylic acids is 1. The lowest BCUT2D eigenvalue weighted by Gasteiger charge is -2.01. The second-order valence-corrected chi connectivity index (χ2v) is 3.86. The summed E-state index contributed by atoms with van der Waals surface area (Å²) in [6.07, 6.45) is 1.67. The summed E-state index contributed by atoms with van der Waals surface area (Å²) in [5, 5.41) is 2.73. The van der Waals surface area contributed by atoms with Gasteiger partial charge in [0.15, 0.2) is 0 Å². The molecule has 0 radical (unpaired) electrons. The van der Waals surface area contributed by atoms with E-state index in [4.69, 9.17) is 5.73 Å². The van der Waals surface area contributed by atoms with Gasteiger partial charge in [-0.05, 0) is 18.6 Å². The van der Waals surface area contributed by atoms with Crippen molar-refractivity contribution in [1.82, 2.24) is 15.3 Å². The highest BCUT2D eigenvalue weighted by Crippen LogP contribution is 2.10. The Morgan fingerprint density at radius 1 is 1.32 bits per heavy atom. The van der Waals surface area contributed by atoms with Crippen LogP contribution in [0.25, 0.3) is 11.0 Å². The highest BCUT2D eigenvalue weighted by molar-refractivity contribution is 5.85. The zero-order valence-electron chi connectivity index (χ0n) is 10.4. The van der Waals surface area contributed by atoms with Gasteiger partial charge in [-0.15, -0.1) is 24.8 Å². The molecule has 1 heterocycles. The van der Waals surface area contributed by atoms with E-state index in [1.165, 1.54) is 0 Å². The molecular formula is C12H18Cl2N4O. The Bertz CT molecular complexity index is 482. The Labute approximate surface area is 124 Å². The summed E-state index contributed by atoms with van der Waals surface area (Å²) in [5.74, 6) is 0.836. The Balaban J connectivity index is 0.00000162. The number of hydrogen-bond acceptors (Lipinski definition) is 3. The average Bonchev–Trinajstić information content (AvgIpc) is 2.76. The first-order valence-electron chi connectivity index (χ1n) is 5.70. The zero-order chi connectivity index (χ0) is 12.1. The Morgan fingerprint density at radius 3 is 2.74 bits per heavy atom. The molecule has 0 saturated heterocycles. The van der Waals surface area contributed by atoms with Crippen LogP contribution < -0.4 is 11.1 Å². The number of nitrogens with two attached hydrogens (primary N) is 1. The van der Waals surface area contributed by atoms with Crippen molar-refractivity contribution in [3.05, 3.63) is 30.1 Å².